The molecule has 3 N–H and O–H groups in total. The van der Waals surface area contributed by atoms with Crippen molar-refractivity contribution in [2.24, 2.45) is 11.8 Å². The van der Waals surface area contributed by atoms with Gasteiger partial charge in [0, 0.05) is 25.3 Å². The molecule has 109 valence electrons. The monoisotopic (exact) mass is 273 g/mol. The summed E-state index contributed by atoms with van der Waals surface area (Å²) < 4.78 is 5.23. The fourth-order valence-corrected chi connectivity index (χ4v) is 2.17. The van der Waals surface area contributed by atoms with E-state index in [4.69, 9.17) is 4.74 Å². The molecule has 0 spiro atoms. The van der Waals surface area contributed by atoms with Crippen molar-refractivity contribution in [3.8, 4) is 0 Å². The van der Waals surface area contributed by atoms with E-state index in [-0.39, 0.29) is 31.3 Å². The highest BCUT2D eigenvalue weighted by atomic mass is 16.5. The fourth-order valence-electron chi connectivity index (χ4n) is 2.17. The molecule has 1 fully saturated rings. The first-order chi connectivity index (χ1) is 9.08. The second-order valence-corrected chi connectivity index (χ2v) is 4.72. The van der Waals surface area contributed by atoms with E-state index < -0.39 is 24.5 Å². The van der Waals surface area contributed by atoms with Crippen molar-refractivity contribution < 1.29 is 24.5 Å². The van der Waals surface area contributed by atoms with Crippen molar-refractivity contribution in [1.29, 1.82) is 0 Å². The first-order valence-corrected chi connectivity index (χ1v) is 6.39. The minimum atomic E-state index is -0.946. The van der Waals surface area contributed by atoms with Crippen molar-refractivity contribution in [2.75, 3.05) is 33.4 Å². The number of hydrogen-bond donors (Lipinski definition) is 3. The Balaban J connectivity index is 2.46. The molecular weight excluding hydrogens is 252 g/mol. The molecule has 0 saturated carbocycles. The Morgan fingerprint density at radius 1 is 1.42 bits per heavy atom. The molecule has 0 aromatic rings. The zero-order chi connectivity index (χ0) is 14.3. The van der Waals surface area contributed by atoms with Gasteiger partial charge in [0.2, 0.25) is 11.8 Å². The number of hydrogen-bond acceptors (Lipinski definition) is 5. The normalized spacial score (nSPS) is 20.2. The maximum Gasteiger partial charge on any atom is 0.226 e. The molecule has 1 radical (unpaired) electrons. The van der Waals surface area contributed by atoms with Crippen LogP contribution in [0.1, 0.15) is 12.8 Å². The zero-order valence-electron chi connectivity index (χ0n) is 11.1. The van der Waals surface area contributed by atoms with Crippen molar-refractivity contribution >= 4 is 11.8 Å². The van der Waals surface area contributed by atoms with E-state index in [1.54, 1.807) is 7.05 Å². The van der Waals surface area contributed by atoms with Gasteiger partial charge in [-0.1, -0.05) is 0 Å². The maximum absolute atomic E-state index is 11.3. The molecule has 2 amide bonds. The third kappa shape index (κ3) is 5.23. The molecule has 7 heteroatoms. The average molecular weight is 273 g/mol. The summed E-state index contributed by atoms with van der Waals surface area (Å²) in [5.41, 5.74) is 0. The van der Waals surface area contributed by atoms with Gasteiger partial charge in [-0.2, -0.15) is 0 Å². The molecule has 1 heterocycles. The number of carbonyl (C=O) groups excluding carboxylic acids is 2. The van der Waals surface area contributed by atoms with Crippen LogP contribution in [0.25, 0.3) is 0 Å². The molecule has 7 nitrogen and oxygen atoms in total. The highest BCUT2D eigenvalue weighted by molar-refractivity contribution is 5.97. The summed E-state index contributed by atoms with van der Waals surface area (Å²) in [4.78, 5) is 22.5. The van der Waals surface area contributed by atoms with E-state index >= 15 is 0 Å². The second-order valence-electron chi connectivity index (χ2n) is 4.72. The molecule has 1 aliphatic heterocycles. The molecule has 19 heavy (non-hydrogen) atoms. The Kier molecular flexibility index (Phi) is 6.93. The van der Waals surface area contributed by atoms with Crippen LogP contribution in [0, 0.1) is 11.8 Å². The summed E-state index contributed by atoms with van der Waals surface area (Å²) in [6.07, 6.45) is -0.739. The number of aliphatic hydroxyl groups is 1. The average Bonchev–Trinajstić information content (AvgIpc) is 2.34. The van der Waals surface area contributed by atoms with Crippen LogP contribution in [0.15, 0.2) is 0 Å². The molecule has 0 aromatic carbocycles. The van der Waals surface area contributed by atoms with Gasteiger partial charge < -0.3 is 15.2 Å². The van der Waals surface area contributed by atoms with Crippen LogP contribution in [-0.4, -0.2) is 56.4 Å². The van der Waals surface area contributed by atoms with E-state index in [1.807, 2.05) is 0 Å². The molecule has 2 unspecified atom stereocenters. The van der Waals surface area contributed by atoms with Crippen molar-refractivity contribution in [1.82, 2.24) is 10.6 Å². The lowest BCUT2D eigenvalue weighted by molar-refractivity contribution is -0.137. The van der Waals surface area contributed by atoms with E-state index in [0.29, 0.717) is 13.2 Å². The van der Waals surface area contributed by atoms with Gasteiger partial charge in [0.1, 0.15) is 0 Å². The topological polar surface area (TPSA) is 108 Å². The maximum atomic E-state index is 11.3. The summed E-state index contributed by atoms with van der Waals surface area (Å²) in [7, 11) is 1.78. The predicted molar refractivity (Wildman–Crippen MR) is 65.7 cm³/mol. The third-order valence-corrected chi connectivity index (χ3v) is 3.25. The van der Waals surface area contributed by atoms with Crippen LogP contribution in [0.5, 0.6) is 0 Å². The Labute approximate surface area is 112 Å². The SMILES string of the molecule is CNCCOCC(O)C(C[O])C1CC(=O)NC(=O)C1. The van der Waals surface area contributed by atoms with Crippen molar-refractivity contribution in [3.05, 3.63) is 0 Å². The van der Waals surface area contributed by atoms with Crippen LogP contribution in [-0.2, 0) is 19.4 Å². The number of amides is 2. The van der Waals surface area contributed by atoms with Gasteiger partial charge in [-0.25, -0.2) is 5.11 Å². The van der Waals surface area contributed by atoms with Crippen LogP contribution >= 0.6 is 0 Å². The highest BCUT2D eigenvalue weighted by Crippen LogP contribution is 2.26. The number of imide groups is 1. The number of likely N-dealkylation sites (N-methyl/N-ethyl adjacent to an activating group) is 1. The minimum Gasteiger partial charge on any atom is -0.390 e. The molecule has 0 bridgehead atoms. The first-order valence-electron chi connectivity index (χ1n) is 6.39. The van der Waals surface area contributed by atoms with E-state index in [2.05, 4.69) is 10.6 Å². The molecule has 1 rings (SSSR count). The molecule has 0 aliphatic carbocycles. The third-order valence-electron chi connectivity index (χ3n) is 3.25. The largest absolute Gasteiger partial charge is 0.390 e. The smallest absolute Gasteiger partial charge is 0.226 e. The highest BCUT2D eigenvalue weighted by Gasteiger charge is 2.35. The minimum absolute atomic E-state index is 0.0426. The van der Waals surface area contributed by atoms with Gasteiger partial charge >= 0.3 is 0 Å². The lowest BCUT2D eigenvalue weighted by Crippen LogP contribution is -2.45. The summed E-state index contributed by atoms with van der Waals surface area (Å²) in [6.45, 7) is 0.602. The number of carbonyl (C=O) groups is 2. The lowest BCUT2D eigenvalue weighted by atomic mass is 9.81. The predicted octanol–water partition coefficient (Wildman–Crippen LogP) is -1.32. The number of nitrogens with one attached hydrogen (secondary N) is 2. The Bertz CT molecular complexity index is 294. The van der Waals surface area contributed by atoms with Gasteiger partial charge in [-0.15, -0.1) is 0 Å². The molecular formula is C12H21N2O5. The van der Waals surface area contributed by atoms with Gasteiger partial charge in [0.05, 0.1) is 25.9 Å². The van der Waals surface area contributed by atoms with Crippen LogP contribution < -0.4 is 10.6 Å². The number of piperidine rings is 1. The van der Waals surface area contributed by atoms with Gasteiger partial charge in [0.15, 0.2) is 0 Å². The quantitative estimate of drug-likeness (QED) is 0.376. The Morgan fingerprint density at radius 3 is 2.58 bits per heavy atom. The molecule has 1 aliphatic rings. The van der Waals surface area contributed by atoms with Gasteiger partial charge in [-0.05, 0) is 13.0 Å². The standard InChI is InChI=1S/C12H21N2O5/c1-13-2-3-19-7-10(16)9(6-15)8-4-11(17)14-12(18)5-8/h8-10,13,16H,2-7H2,1H3,(H,14,17,18). The van der Waals surface area contributed by atoms with Crippen LogP contribution in [0.2, 0.25) is 0 Å². The summed E-state index contributed by atoms with van der Waals surface area (Å²) in [5, 5.41) is 26.2. The molecule has 0 aromatic heterocycles. The first kappa shape index (κ1) is 16.0. The zero-order valence-corrected chi connectivity index (χ0v) is 11.1. The molecule has 1 saturated heterocycles. The number of aliphatic hydroxyl groups excluding tert-OH is 1. The van der Waals surface area contributed by atoms with E-state index in [0.717, 1.165) is 0 Å². The van der Waals surface area contributed by atoms with Crippen molar-refractivity contribution in [3.63, 3.8) is 0 Å². The number of ether oxygens (including phenoxy) is 1. The summed E-state index contributed by atoms with van der Waals surface area (Å²) >= 11 is 0. The summed E-state index contributed by atoms with van der Waals surface area (Å²) in [6, 6.07) is 0. The second kappa shape index (κ2) is 8.21. The van der Waals surface area contributed by atoms with Crippen LogP contribution in [0.3, 0.4) is 0 Å². The van der Waals surface area contributed by atoms with Gasteiger partial charge in [-0.3, -0.25) is 14.9 Å². The molecule has 2 atom stereocenters. The van der Waals surface area contributed by atoms with Crippen LogP contribution in [0.4, 0.5) is 0 Å². The fraction of sp³-hybridized carbons (Fsp3) is 0.833. The Morgan fingerprint density at radius 2 is 2.05 bits per heavy atom. The van der Waals surface area contributed by atoms with Gasteiger partial charge in [0.25, 0.3) is 0 Å². The van der Waals surface area contributed by atoms with Crippen molar-refractivity contribution in [2.45, 2.75) is 18.9 Å². The lowest BCUT2D eigenvalue weighted by Gasteiger charge is -2.30. The van der Waals surface area contributed by atoms with E-state index in [1.165, 1.54) is 0 Å². The Hall–Kier alpha value is -1.02. The van der Waals surface area contributed by atoms with E-state index in [9.17, 15) is 19.8 Å². The number of rotatable bonds is 8. The summed E-state index contributed by atoms with van der Waals surface area (Å²) in [5.74, 6) is -1.81.